The van der Waals surface area contributed by atoms with Crippen molar-refractivity contribution >= 4 is 0 Å². The van der Waals surface area contributed by atoms with Gasteiger partial charge in [-0.1, -0.05) is 19.1 Å². The van der Waals surface area contributed by atoms with Crippen LogP contribution in [0.2, 0.25) is 0 Å². The third kappa shape index (κ3) is 8.74. The molecule has 3 nitrogen and oxygen atoms in total. The van der Waals surface area contributed by atoms with Gasteiger partial charge in [-0.15, -0.1) is 0 Å². The predicted octanol–water partition coefficient (Wildman–Crippen LogP) is 3.55. The van der Waals surface area contributed by atoms with E-state index < -0.39 is 0 Å². The summed E-state index contributed by atoms with van der Waals surface area (Å²) in [7, 11) is 0. The molecule has 0 aliphatic heterocycles. The van der Waals surface area contributed by atoms with Crippen molar-refractivity contribution in [3.05, 3.63) is 29.8 Å². The highest BCUT2D eigenvalue weighted by molar-refractivity contribution is 5.27. The van der Waals surface area contributed by atoms with E-state index in [9.17, 15) is 0 Å². The molecule has 0 saturated carbocycles. The fraction of sp³-hybridized carbons (Fsp3) is 0.667. The van der Waals surface area contributed by atoms with E-state index in [4.69, 9.17) is 9.84 Å². The van der Waals surface area contributed by atoms with Gasteiger partial charge in [0.25, 0.3) is 0 Å². The molecule has 0 saturated heterocycles. The monoisotopic (exact) mass is 293 g/mol. The molecule has 21 heavy (non-hydrogen) atoms. The van der Waals surface area contributed by atoms with E-state index in [2.05, 4.69) is 43.4 Å². The zero-order valence-corrected chi connectivity index (χ0v) is 13.6. The lowest BCUT2D eigenvalue weighted by Crippen LogP contribution is -2.27. The number of unbranched alkanes of at least 4 members (excludes halogenated alkanes) is 2. The molecular weight excluding hydrogens is 262 g/mol. The van der Waals surface area contributed by atoms with Crippen LogP contribution in [0.3, 0.4) is 0 Å². The second kappa shape index (κ2) is 11.6. The number of nitrogens with one attached hydrogen (secondary N) is 1. The average molecular weight is 293 g/mol. The molecule has 1 aromatic carbocycles. The molecule has 0 aliphatic rings. The number of aliphatic hydroxyl groups excluding tert-OH is 1. The van der Waals surface area contributed by atoms with Crippen LogP contribution >= 0.6 is 0 Å². The molecule has 0 amide bonds. The Morgan fingerprint density at radius 2 is 1.90 bits per heavy atom. The van der Waals surface area contributed by atoms with Gasteiger partial charge in [-0.25, -0.2) is 0 Å². The molecular formula is C18H31NO2. The highest BCUT2D eigenvalue weighted by Gasteiger charge is 2.02. The number of ether oxygens (including phenoxy) is 1. The summed E-state index contributed by atoms with van der Waals surface area (Å²) in [6, 6.07) is 9.02. The number of hydrogen-bond donors (Lipinski definition) is 2. The molecule has 1 rings (SSSR count). The number of aryl methyl sites for hydroxylation is 1. The van der Waals surface area contributed by atoms with Crippen LogP contribution in [0.25, 0.3) is 0 Å². The number of benzene rings is 1. The third-order valence-corrected chi connectivity index (χ3v) is 3.60. The van der Waals surface area contributed by atoms with Crippen molar-refractivity contribution in [1.82, 2.24) is 5.32 Å². The molecule has 2 N–H and O–H groups in total. The topological polar surface area (TPSA) is 41.5 Å². The first-order valence-electron chi connectivity index (χ1n) is 8.32. The van der Waals surface area contributed by atoms with Gasteiger partial charge in [-0.2, -0.15) is 0 Å². The lowest BCUT2D eigenvalue weighted by atomic mass is 10.1. The smallest absolute Gasteiger partial charge is 0.119 e. The van der Waals surface area contributed by atoms with Crippen LogP contribution in [0.4, 0.5) is 0 Å². The maximum atomic E-state index is 8.71. The van der Waals surface area contributed by atoms with Crippen molar-refractivity contribution in [2.75, 3.05) is 19.8 Å². The second-order valence-electron chi connectivity index (χ2n) is 5.67. The van der Waals surface area contributed by atoms with Gasteiger partial charge in [-0.05, 0) is 69.7 Å². The zero-order chi connectivity index (χ0) is 15.3. The molecule has 1 aromatic rings. The number of aliphatic hydroxyl groups is 1. The fourth-order valence-corrected chi connectivity index (χ4v) is 2.21. The Hall–Kier alpha value is -1.06. The molecule has 1 atom stereocenters. The second-order valence-corrected chi connectivity index (χ2v) is 5.67. The van der Waals surface area contributed by atoms with E-state index in [-0.39, 0.29) is 6.61 Å². The Balaban J connectivity index is 2.20. The van der Waals surface area contributed by atoms with Crippen LogP contribution in [-0.2, 0) is 6.42 Å². The summed E-state index contributed by atoms with van der Waals surface area (Å²) in [5.74, 6) is 0.944. The van der Waals surface area contributed by atoms with E-state index in [1.807, 2.05) is 0 Å². The first-order chi connectivity index (χ1) is 10.3. The van der Waals surface area contributed by atoms with Crippen molar-refractivity contribution in [3.63, 3.8) is 0 Å². The Labute approximate surface area is 129 Å². The minimum atomic E-state index is 0.278. The minimum absolute atomic E-state index is 0.278. The van der Waals surface area contributed by atoms with Crippen LogP contribution in [-0.4, -0.2) is 30.9 Å². The quantitative estimate of drug-likeness (QED) is 0.579. The maximum absolute atomic E-state index is 8.71. The van der Waals surface area contributed by atoms with Crippen molar-refractivity contribution in [2.24, 2.45) is 0 Å². The number of hydrogen-bond acceptors (Lipinski definition) is 3. The van der Waals surface area contributed by atoms with Crippen molar-refractivity contribution < 1.29 is 9.84 Å². The SMILES string of the molecule is CCCNC(C)CCc1ccc(OCCCCCO)cc1. The average Bonchev–Trinajstić information content (AvgIpc) is 2.52. The molecule has 0 radical (unpaired) electrons. The summed E-state index contributed by atoms with van der Waals surface area (Å²) in [6.07, 6.45) is 6.36. The van der Waals surface area contributed by atoms with Gasteiger partial charge < -0.3 is 15.2 Å². The lowest BCUT2D eigenvalue weighted by molar-refractivity contribution is 0.266. The molecule has 0 aromatic heterocycles. The summed E-state index contributed by atoms with van der Waals surface area (Å²) in [4.78, 5) is 0. The lowest BCUT2D eigenvalue weighted by Gasteiger charge is -2.13. The van der Waals surface area contributed by atoms with Crippen LogP contribution in [0.15, 0.2) is 24.3 Å². The van der Waals surface area contributed by atoms with Gasteiger partial charge >= 0.3 is 0 Å². The Kier molecular flexibility index (Phi) is 9.92. The van der Waals surface area contributed by atoms with E-state index >= 15 is 0 Å². The van der Waals surface area contributed by atoms with E-state index in [1.54, 1.807) is 0 Å². The summed E-state index contributed by atoms with van der Waals surface area (Å²) < 4.78 is 5.69. The molecule has 1 unspecified atom stereocenters. The van der Waals surface area contributed by atoms with Gasteiger partial charge in [0.05, 0.1) is 6.61 Å². The molecule has 0 heterocycles. The Bertz CT molecular complexity index is 351. The molecule has 0 aliphatic carbocycles. The first-order valence-corrected chi connectivity index (χ1v) is 8.32. The van der Waals surface area contributed by atoms with Crippen molar-refractivity contribution in [3.8, 4) is 5.75 Å². The highest BCUT2D eigenvalue weighted by atomic mass is 16.5. The predicted molar refractivity (Wildman–Crippen MR) is 89.0 cm³/mol. The van der Waals surface area contributed by atoms with E-state index in [0.717, 1.165) is 44.6 Å². The highest BCUT2D eigenvalue weighted by Crippen LogP contribution is 2.14. The normalized spacial score (nSPS) is 12.3. The van der Waals surface area contributed by atoms with Crippen LogP contribution < -0.4 is 10.1 Å². The largest absolute Gasteiger partial charge is 0.494 e. The first kappa shape index (κ1) is 18.0. The van der Waals surface area contributed by atoms with Gasteiger partial charge in [-0.3, -0.25) is 0 Å². The third-order valence-electron chi connectivity index (χ3n) is 3.60. The van der Waals surface area contributed by atoms with E-state index in [0.29, 0.717) is 6.04 Å². The van der Waals surface area contributed by atoms with Gasteiger partial charge in [0.1, 0.15) is 5.75 Å². The minimum Gasteiger partial charge on any atom is -0.494 e. The van der Waals surface area contributed by atoms with Gasteiger partial charge in [0.15, 0.2) is 0 Å². The number of rotatable bonds is 12. The summed E-state index contributed by atoms with van der Waals surface area (Å²) in [5, 5.41) is 12.2. The van der Waals surface area contributed by atoms with Crippen LogP contribution in [0.5, 0.6) is 5.75 Å². The summed E-state index contributed by atoms with van der Waals surface area (Å²) >= 11 is 0. The standard InChI is InChI=1S/C18H31NO2/c1-3-13-19-16(2)7-8-17-9-11-18(12-10-17)21-15-6-4-5-14-20/h9-12,16,19-20H,3-8,13-15H2,1-2H3. The molecule has 0 fully saturated rings. The van der Waals surface area contributed by atoms with Crippen LogP contribution in [0.1, 0.15) is 51.5 Å². The summed E-state index contributed by atoms with van der Waals surface area (Å²) in [6.45, 7) is 6.56. The van der Waals surface area contributed by atoms with Crippen molar-refractivity contribution in [1.29, 1.82) is 0 Å². The molecule has 3 heteroatoms. The Morgan fingerprint density at radius 1 is 1.14 bits per heavy atom. The summed E-state index contributed by atoms with van der Waals surface area (Å²) in [5.41, 5.74) is 1.37. The fourth-order valence-electron chi connectivity index (χ4n) is 2.21. The van der Waals surface area contributed by atoms with Crippen molar-refractivity contribution in [2.45, 2.75) is 58.4 Å². The molecule has 0 bridgehead atoms. The molecule has 120 valence electrons. The maximum Gasteiger partial charge on any atom is 0.119 e. The molecule has 0 spiro atoms. The zero-order valence-electron chi connectivity index (χ0n) is 13.6. The van der Waals surface area contributed by atoms with Gasteiger partial charge in [0, 0.05) is 12.6 Å². The Morgan fingerprint density at radius 3 is 2.57 bits per heavy atom. The van der Waals surface area contributed by atoms with Crippen LogP contribution in [0, 0.1) is 0 Å². The van der Waals surface area contributed by atoms with Gasteiger partial charge in [0.2, 0.25) is 0 Å². The van der Waals surface area contributed by atoms with E-state index in [1.165, 1.54) is 18.4 Å².